The van der Waals surface area contributed by atoms with Crippen LogP contribution in [0.15, 0.2) is 54.6 Å². The van der Waals surface area contributed by atoms with E-state index in [0.29, 0.717) is 5.69 Å². The third-order valence-electron chi connectivity index (χ3n) is 2.15. The molecule has 0 aliphatic rings. The second-order valence-electron chi connectivity index (χ2n) is 3.42. The average Bonchev–Trinajstić information content (AvgIpc) is 2.32. The zero-order valence-corrected chi connectivity index (χ0v) is 9.78. The molecule has 0 spiro atoms. The third kappa shape index (κ3) is 3.58. The first-order chi connectivity index (χ1) is 8.24. The van der Waals surface area contributed by atoms with Crippen LogP contribution in [0, 0.1) is 0 Å². The topological polar surface area (TPSA) is 61.4 Å². The highest BCUT2D eigenvalue weighted by Crippen LogP contribution is 2.18. The molecule has 4 nitrogen and oxygen atoms in total. The lowest BCUT2D eigenvalue weighted by Crippen LogP contribution is -2.01. The van der Waals surface area contributed by atoms with Crippen molar-refractivity contribution in [3.8, 4) is 0 Å². The first-order valence-corrected chi connectivity index (χ1v) is 6.14. The summed E-state index contributed by atoms with van der Waals surface area (Å²) >= 11 is -2.03. The molecule has 0 amide bonds. The van der Waals surface area contributed by atoms with Crippen LogP contribution in [0.2, 0.25) is 0 Å². The van der Waals surface area contributed by atoms with E-state index in [4.69, 9.17) is 4.55 Å². The second kappa shape index (κ2) is 5.47. The summed E-state index contributed by atoms with van der Waals surface area (Å²) in [5, 5.41) is 3.22. The van der Waals surface area contributed by atoms with Crippen LogP contribution in [0.5, 0.6) is 0 Å². The molecule has 0 saturated heterocycles. The molecule has 2 aromatic carbocycles. The summed E-state index contributed by atoms with van der Waals surface area (Å²) in [6.07, 6.45) is 0. The summed E-state index contributed by atoms with van der Waals surface area (Å²) in [5.41, 5.74) is 2.52. The Morgan fingerprint density at radius 3 is 1.94 bits per heavy atom. The monoisotopic (exact) mass is 248 g/mol. The Labute approximate surface area is 102 Å². The minimum absolute atomic E-state index is 0.601. The molecule has 5 heteroatoms. The summed E-state index contributed by atoms with van der Waals surface area (Å²) < 4.78 is 21.6. The van der Waals surface area contributed by atoms with Gasteiger partial charge in [-0.3, -0.25) is 9.27 Å². The molecule has 3 N–H and O–H groups in total. The summed E-state index contributed by atoms with van der Waals surface area (Å²) in [7, 11) is 0. The van der Waals surface area contributed by atoms with E-state index in [2.05, 4.69) is 10.0 Å². The van der Waals surface area contributed by atoms with E-state index < -0.39 is 11.3 Å². The maximum Gasteiger partial charge on any atom is 0.259 e. The zero-order valence-electron chi connectivity index (χ0n) is 8.96. The fourth-order valence-electron chi connectivity index (χ4n) is 1.41. The van der Waals surface area contributed by atoms with Gasteiger partial charge in [0.15, 0.2) is 0 Å². The van der Waals surface area contributed by atoms with Crippen molar-refractivity contribution in [1.82, 2.24) is 0 Å². The van der Waals surface area contributed by atoms with Crippen LogP contribution in [-0.4, -0.2) is 8.76 Å². The standard InChI is InChI=1S/C12H12N2O2S/c15-17(16)14-12-8-6-11(7-9-12)13-10-4-2-1-3-5-10/h1-9,13-14H,(H,15,16). The molecular weight excluding hydrogens is 236 g/mol. The van der Waals surface area contributed by atoms with Gasteiger partial charge in [0.05, 0.1) is 0 Å². The van der Waals surface area contributed by atoms with Gasteiger partial charge in [0.1, 0.15) is 0 Å². The average molecular weight is 248 g/mol. The number of nitrogens with one attached hydrogen (secondary N) is 2. The van der Waals surface area contributed by atoms with E-state index in [-0.39, 0.29) is 0 Å². The van der Waals surface area contributed by atoms with E-state index >= 15 is 0 Å². The fraction of sp³-hybridized carbons (Fsp3) is 0. The Kier molecular flexibility index (Phi) is 3.74. The minimum atomic E-state index is -2.03. The van der Waals surface area contributed by atoms with E-state index in [0.717, 1.165) is 11.4 Å². The van der Waals surface area contributed by atoms with Crippen LogP contribution in [0.3, 0.4) is 0 Å². The normalized spacial score (nSPS) is 11.8. The number of benzene rings is 2. The molecule has 1 atom stereocenters. The lowest BCUT2D eigenvalue weighted by molar-refractivity contribution is 0.570. The molecule has 0 fully saturated rings. The fourth-order valence-corrected chi connectivity index (χ4v) is 1.75. The predicted octanol–water partition coefficient (Wildman–Crippen LogP) is 2.98. The van der Waals surface area contributed by atoms with Gasteiger partial charge in [-0.05, 0) is 36.4 Å². The largest absolute Gasteiger partial charge is 0.356 e. The lowest BCUT2D eigenvalue weighted by Gasteiger charge is -2.07. The van der Waals surface area contributed by atoms with Crippen LogP contribution < -0.4 is 10.0 Å². The first kappa shape index (κ1) is 11.6. The van der Waals surface area contributed by atoms with Gasteiger partial charge in [-0.25, -0.2) is 4.21 Å². The molecule has 88 valence electrons. The zero-order chi connectivity index (χ0) is 12.1. The SMILES string of the molecule is O=S(O)Nc1ccc(Nc2ccccc2)cc1. The Bertz CT molecular complexity index is 500. The highest BCUT2D eigenvalue weighted by Gasteiger charge is 1.96. The van der Waals surface area contributed by atoms with Crippen molar-refractivity contribution < 1.29 is 8.76 Å². The Morgan fingerprint density at radius 2 is 1.35 bits per heavy atom. The Balaban J connectivity index is 2.06. The highest BCUT2D eigenvalue weighted by atomic mass is 32.2. The van der Waals surface area contributed by atoms with Crippen molar-refractivity contribution >= 4 is 28.3 Å². The molecule has 0 radical (unpaired) electrons. The van der Waals surface area contributed by atoms with Gasteiger partial charge < -0.3 is 5.32 Å². The molecule has 0 aromatic heterocycles. The Hall–Kier alpha value is -1.85. The molecule has 0 aliphatic heterocycles. The maximum atomic E-state index is 10.5. The summed E-state index contributed by atoms with van der Waals surface area (Å²) in [4.78, 5) is 0. The number of hydrogen-bond donors (Lipinski definition) is 3. The van der Waals surface area contributed by atoms with Gasteiger partial charge in [0.2, 0.25) is 0 Å². The van der Waals surface area contributed by atoms with Gasteiger partial charge in [0, 0.05) is 17.1 Å². The number of hydrogen-bond acceptors (Lipinski definition) is 2. The summed E-state index contributed by atoms with van der Waals surface area (Å²) in [6, 6.07) is 16.9. The molecule has 2 rings (SSSR count). The highest BCUT2D eigenvalue weighted by molar-refractivity contribution is 7.80. The van der Waals surface area contributed by atoms with E-state index in [1.807, 2.05) is 42.5 Å². The summed E-state index contributed by atoms with van der Waals surface area (Å²) in [6.45, 7) is 0. The van der Waals surface area contributed by atoms with Gasteiger partial charge >= 0.3 is 0 Å². The smallest absolute Gasteiger partial charge is 0.259 e. The van der Waals surface area contributed by atoms with Gasteiger partial charge in [-0.15, -0.1) is 0 Å². The second-order valence-corrected chi connectivity index (χ2v) is 4.12. The molecule has 0 bridgehead atoms. The van der Waals surface area contributed by atoms with Crippen molar-refractivity contribution in [3.05, 3.63) is 54.6 Å². The number of para-hydroxylation sites is 1. The Morgan fingerprint density at radius 1 is 0.824 bits per heavy atom. The van der Waals surface area contributed by atoms with Crippen LogP contribution in [0.4, 0.5) is 17.1 Å². The first-order valence-electron chi connectivity index (χ1n) is 5.04. The maximum absolute atomic E-state index is 10.5. The third-order valence-corrected chi connectivity index (χ3v) is 2.56. The van der Waals surface area contributed by atoms with Crippen molar-refractivity contribution in [2.75, 3.05) is 10.0 Å². The lowest BCUT2D eigenvalue weighted by atomic mass is 10.2. The van der Waals surface area contributed by atoms with Gasteiger partial charge in [-0.1, -0.05) is 18.2 Å². The van der Waals surface area contributed by atoms with Crippen molar-refractivity contribution in [3.63, 3.8) is 0 Å². The van der Waals surface area contributed by atoms with Crippen LogP contribution in [-0.2, 0) is 11.3 Å². The molecule has 0 aliphatic carbocycles. The molecule has 0 saturated carbocycles. The summed E-state index contributed by atoms with van der Waals surface area (Å²) in [5.74, 6) is 0. The molecule has 17 heavy (non-hydrogen) atoms. The van der Waals surface area contributed by atoms with Crippen LogP contribution in [0.25, 0.3) is 0 Å². The van der Waals surface area contributed by atoms with E-state index in [1.54, 1.807) is 12.1 Å². The minimum Gasteiger partial charge on any atom is -0.356 e. The van der Waals surface area contributed by atoms with E-state index in [1.165, 1.54) is 0 Å². The van der Waals surface area contributed by atoms with E-state index in [9.17, 15) is 4.21 Å². The molecular formula is C12H12N2O2S. The van der Waals surface area contributed by atoms with Crippen molar-refractivity contribution in [2.45, 2.75) is 0 Å². The van der Waals surface area contributed by atoms with Gasteiger partial charge in [0.25, 0.3) is 11.3 Å². The van der Waals surface area contributed by atoms with Crippen LogP contribution in [0.1, 0.15) is 0 Å². The van der Waals surface area contributed by atoms with Crippen molar-refractivity contribution in [1.29, 1.82) is 0 Å². The quantitative estimate of drug-likeness (QED) is 0.729. The van der Waals surface area contributed by atoms with Crippen LogP contribution >= 0.6 is 0 Å². The van der Waals surface area contributed by atoms with Gasteiger partial charge in [-0.2, -0.15) is 0 Å². The molecule has 2 aromatic rings. The van der Waals surface area contributed by atoms with Crippen molar-refractivity contribution in [2.24, 2.45) is 0 Å². The molecule has 0 heterocycles. The number of rotatable bonds is 4. The predicted molar refractivity (Wildman–Crippen MR) is 70.6 cm³/mol. The number of anilines is 3. The molecule has 1 unspecified atom stereocenters.